The highest BCUT2D eigenvalue weighted by Gasteiger charge is 2.53. The smallest absolute Gasteiger partial charge is 0.220 e. The predicted octanol–water partition coefficient (Wildman–Crippen LogP) is 3.26. The Morgan fingerprint density at radius 2 is 2.00 bits per heavy atom. The zero-order valence-corrected chi connectivity index (χ0v) is 16.8. The van der Waals surface area contributed by atoms with Crippen LogP contribution in [0.4, 0.5) is 0 Å². The van der Waals surface area contributed by atoms with Crippen LogP contribution in [-0.2, 0) is 21.6 Å². The third-order valence-electron chi connectivity index (χ3n) is 6.82. The van der Waals surface area contributed by atoms with E-state index in [1.807, 2.05) is 18.3 Å². The van der Waals surface area contributed by atoms with Crippen LogP contribution in [0.5, 0.6) is 0 Å². The largest absolute Gasteiger partial charge is 0.370 e. The maximum Gasteiger partial charge on any atom is 0.220 e. The lowest BCUT2D eigenvalue weighted by Crippen LogP contribution is -2.49. The topological polar surface area (TPSA) is 63.2 Å². The number of rotatable bonds is 6. The average molecular weight is 392 g/mol. The van der Waals surface area contributed by atoms with E-state index in [1.54, 1.807) is 6.20 Å². The Hall–Kier alpha value is -2.24. The van der Waals surface area contributed by atoms with Crippen molar-refractivity contribution >= 4 is 5.91 Å². The summed E-state index contributed by atoms with van der Waals surface area (Å²) in [4.78, 5) is 17.0. The van der Waals surface area contributed by atoms with Crippen LogP contribution in [0.25, 0.3) is 0 Å². The van der Waals surface area contributed by atoms with E-state index in [2.05, 4.69) is 39.9 Å². The Morgan fingerprint density at radius 1 is 1.17 bits per heavy atom. The molecule has 1 saturated carbocycles. The van der Waals surface area contributed by atoms with Crippen LogP contribution in [0, 0.1) is 5.92 Å². The minimum Gasteiger partial charge on any atom is -0.370 e. The van der Waals surface area contributed by atoms with Gasteiger partial charge >= 0.3 is 0 Å². The molecule has 5 nitrogen and oxygen atoms in total. The van der Waals surface area contributed by atoms with Gasteiger partial charge in [0.25, 0.3) is 0 Å². The fraction of sp³-hybridized carbons (Fsp3) is 0.500. The van der Waals surface area contributed by atoms with Crippen LogP contribution in [0.1, 0.15) is 54.8 Å². The molecule has 0 bridgehead atoms. The number of carbonyl (C=O) groups excluding carboxylic acids is 1. The highest BCUT2D eigenvalue weighted by Crippen LogP contribution is 2.51. The number of nitrogens with zero attached hydrogens (tertiary/aromatic N) is 1. The Labute approximate surface area is 172 Å². The first-order chi connectivity index (χ1) is 14.3. The molecule has 2 aromatic rings. The number of aromatic nitrogens is 1. The molecule has 2 aliphatic carbocycles. The highest BCUT2D eigenvalue weighted by atomic mass is 16.5. The van der Waals surface area contributed by atoms with E-state index in [0.717, 1.165) is 31.5 Å². The van der Waals surface area contributed by atoms with Crippen molar-refractivity contribution in [3.63, 3.8) is 0 Å². The summed E-state index contributed by atoms with van der Waals surface area (Å²) in [6.07, 6.45) is 8.64. The van der Waals surface area contributed by atoms with Gasteiger partial charge in [-0.1, -0.05) is 30.3 Å². The van der Waals surface area contributed by atoms with Crippen LogP contribution in [0.2, 0.25) is 0 Å². The highest BCUT2D eigenvalue weighted by molar-refractivity contribution is 5.77. The Bertz CT molecular complexity index is 859. The molecule has 1 aromatic carbocycles. The molecule has 0 radical (unpaired) electrons. The first-order valence-electron chi connectivity index (χ1n) is 10.9. The maximum atomic E-state index is 12.8. The van der Waals surface area contributed by atoms with Gasteiger partial charge in [-0.05, 0) is 67.4 Å². The monoisotopic (exact) mass is 391 g/mol. The summed E-state index contributed by atoms with van der Waals surface area (Å²) in [5.74, 6) is 0.738. The summed E-state index contributed by atoms with van der Waals surface area (Å²) < 4.78 is 6.62. The molecule has 1 aromatic heterocycles. The van der Waals surface area contributed by atoms with Crippen LogP contribution in [0.15, 0.2) is 48.8 Å². The van der Waals surface area contributed by atoms with Gasteiger partial charge < -0.3 is 15.4 Å². The van der Waals surface area contributed by atoms with E-state index in [1.165, 1.54) is 24.0 Å². The predicted molar refractivity (Wildman–Crippen MR) is 111 cm³/mol. The standard InChI is InChI=1S/C24H29N3O2/c28-21(14-17-7-8-17)27-22-19-5-1-2-6-20(19)24(9-12-25-13-10-24)23(22)29-16-18-4-3-11-26-15-18/h1-6,11,15,17,22-23,25H,7-10,12-14,16H2,(H,27,28)/t22-,23+/m1/s1. The normalized spacial score (nSPS) is 25.0. The van der Waals surface area contributed by atoms with Crippen molar-refractivity contribution in [3.8, 4) is 0 Å². The quantitative estimate of drug-likeness (QED) is 0.793. The van der Waals surface area contributed by atoms with Crippen molar-refractivity contribution in [1.82, 2.24) is 15.6 Å². The molecule has 1 saturated heterocycles. The lowest BCUT2D eigenvalue weighted by atomic mass is 9.72. The summed E-state index contributed by atoms with van der Waals surface area (Å²) in [5.41, 5.74) is 3.60. The molecule has 3 aliphatic rings. The number of fused-ring (bicyclic) bond motifs is 2. The zero-order valence-electron chi connectivity index (χ0n) is 16.8. The maximum absolute atomic E-state index is 12.8. The second-order valence-corrected chi connectivity index (χ2v) is 8.78. The molecule has 5 heteroatoms. The van der Waals surface area contributed by atoms with Gasteiger partial charge in [0.15, 0.2) is 0 Å². The van der Waals surface area contributed by atoms with Crippen LogP contribution in [-0.4, -0.2) is 30.1 Å². The molecule has 5 rings (SSSR count). The number of amides is 1. The molecule has 1 spiro atoms. The van der Waals surface area contributed by atoms with Crippen molar-refractivity contribution in [1.29, 1.82) is 0 Å². The second-order valence-electron chi connectivity index (χ2n) is 8.78. The number of piperidine rings is 1. The van der Waals surface area contributed by atoms with Gasteiger partial charge in [-0.15, -0.1) is 0 Å². The summed E-state index contributed by atoms with van der Waals surface area (Å²) in [6.45, 7) is 2.46. The number of benzene rings is 1. The van der Waals surface area contributed by atoms with Crippen molar-refractivity contribution < 1.29 is 9.53 Å². The number of pyridine rings is 1. The first kappa shape index (κ1) is 18.8. The zero-order chi connectivity index (χ0) is 19.7. The van der Waals surface area contributed by atoms with Gasteiger partial charge in [0.1, 0.15) is 0 Å². The van der Waals surface area contributed by atoms with Gasteiger partial charge in [-0.3, -0.25) is 9.78 Å². The molecular formula is C24H29N3O2. The molecule has 2 fully saturated rings. The molecular weight excluding hydrogens is 362 g/mol. The second kappa shape index (κ2) is 7.88. The molecule has 152 valence electrons. The Kier molecular flexibility index (Phi) is 5.10. The summed E-state index contributed by atoms with van der Waals surface area (Å²) >= 11 is 0. The van der Waals surface area contributed by atoms with Crippen LogP contribution in [0.3, 0.4) is 0 Å². The van der Waals surface area contributed by atoms with Gasteiger partial charge in [-0.25, -0.2) is 0 Å². The van der Waals surface area contributed by atoms with Gasteiger partial charge in [0.2, 0.25) is 5.91 Å². The Balaban J connectivity index is 1.46. The van der Waals surface area contributed by atoms with Crippen molar-refractivity contribution in [2.45, 2.75) is 56.3 Å². The summed E-state index contributed by atoms with van der Waals surface area (Å²) in [6, 6.07) is 12.5. The van der Waals surface area contributed by atoms with E-state index in [-0.39, 0.29) is 23.5 Å². The first-order valence-corrected chi connectivity index (χ1v) is 10.9. The third-order valence-corrected chi connectivity index (χ3v) is 6.82. The number of ether oxygens (including phenoxy) is 1. The summed E-state index contributed by atoms with van der Waals surface area (Å²) in [5, 5.41) is 6.86. The number of nitrogens with one attached hydrogen (secondary N) is 2. The van der Waals surface area contributed by atoms with Crippen molar-refractivity contribution in [2.24, 2.45) is 5.92 Å². The van der Waals surface area contributed by atoms with Gasteiger partial charge in [0.05, 0.1) is 18.8 Å². The SMILES string of the molecule is O=C(CC1CC1)N[C@@H]1c2ccccc2C2(CCNCC2)[C@H]1OCc1cccnc1. The molecule has 29 heavy (non-hydrogen) atoms. The molecule has 1 amide bonds. The summed E-state index contributed by atoms with van der Waals surface area (Å²) in [7, 11) is 0. The van der Waals surface area contributed by atoms with Crippen molar-refractivity contribution in [2.75, 3.05) is 13.1 Å². The lowest BCUT2D eigenvalue weighted by molar-refractivity contribution is -0.124. The minimum absolute atomic E-state index is 0.0540. The molecule has 0 unspecified atom stereocenters. The molecule has 2 atom stereocenters. The van der Waals surface area contributed by atoms with Gasteiger partial charge in [-0.2, -0.15) is 0 Å². The average Bonchev–Trinajstić information content (AvgIpc) is 3.54. The van der Waals surface area contributed by atoms with E-state index >= 15 is 0 Å². The van der Waals surface area contributed by atoms with E-state index in [4.69, 9.17) is 4.74 Å². The number of carbonyl (C=O) groups is 1. The van der Waals surface area contributed by atoms with Crippen molar-refractivity contribution in [3.05, 3.63) is 65.5 Å². The van der Waals surface area contributed by atoms with Gasteiger partial charge in [0, 0.05) is 24.2 Å². The number of hydrogen-bond acceptors (Lipinski definition) is 4. The Morgan fingerprint density at radius 3 is 2.76 bits per heavy atom. The fourth-order valence-electron chi connectivity index (χ4n) is 5.18. The van der Waals surface area contributed by atoms with E-state index < -0.39 is 0 Å². The number of hydrogen-bond donors (Lipinski definition) is 2. The van der Waals surface area contributed by atoms with Crippen LogP contribution >= 0.6 is 0 Å². The third kappa shape index (κ3) is 3.69. The minimum atomic E-state index is -0.0905. The molecule has 2 heterocycles. The lowest BCUT2D eigenvalue weighted by Gasteiger charge is -2.41. The molecule has 2 N–H and O–H groups in total. The molecule has 1 aliphatic heterocycles. The van der Waals surface area contributed by atoms with E-state index in [9.17, 15) is 4.79 Å². The fourth-order valence-corrected chi connectivity index (χ4v) is 5.18. The van der Waals surface area contributed by atoms with Crippen LogP contribution < -0.4 is 10.6 Å². The van der Waals surface area contributed by atoms with E-state index in [0.29, 0.717) is 18.9 Å².